The molecule has 0 amide bonds. The number of hydrogen-bond donors (Lipinski definition) is 1. The minimum absolute atomic E-state index is 0.0716. The second-order valence-corrected chi connectivity index (χ2v) is 11.1. The van der Waals surface area contributed by atoms with Crippen LogP contribution in [0.25, 0.3) is 5.65 Å². The summed E-state index contributed by atoms with van der Waals surface area (Å²) in [6.45, 7) is 5.88. The van der Waals surface area contributed by atoms with Gasteiger partial charge in [-0.15, -0.1) is 0 Å². The third kappa shape index (κ3) is 3.26. The molecule has 138 valence electrons. The van der Waals surface area contributed by atoms with Crippen molar-refractivity contribution in [3.05, 3.63) is 22.2 Å². The second kappa shape index (κ2) is 6.36. The van der Waals surface area contributed by atoms with Gasteiger partial charge in [0, 0.05) is 12.3 Å². The number of aromatic nitrogens is 2. The predicted molar refractivity (Wildman–Crippen MR) is 101 cm³/mol. The summed E-state index contributed by atoms with van der Waals surface area (Å²) in [4.78, 5) is 4.39. The number of halogens is 1. The minimum Gasteiger partial charge on any atom is -0.491 e. The first kappa shape index (κ1) is 18.9. The highest BCUT2D eigenvalue weighted by molar-refractivity contribution is 14.1. The van der Waals surface area contributed by atoms with Crippen molar-refractivity contribution >= 4 is 38.1 Å². The van der Waals surface area contributed by atoms with Gasteiger partial charge in [0.2, 0.25) is 0 Å². The SMILES string of the molecule is CC(C)(C)S(=O)(=O)c1cn2c(I)cnc2cc1OCC1(CO)COC1. The van der Waals surface area contributed by atoms with Crippen LogP contribution in [0.3, 0.4) is 0 Å². The summed E-state index contributed by atoms with van der Waals surface area (Å²) in [7, 11) is -3.63. The normalized spacial score (nSPS) is 17.5. The smallest absolute Gasteiger partial charge is 0.188 e. The molecule has 2 aromatic heterocycles. The highest BCUT2D eigenvalue weighted by Crippen LogP contribution is 2.35. The predicted octanol–water partition coefficient (Wildman–Crippen LogP) is 1.90. The number of nitrogens with zero attached hydrogens (tertiary/aromatic N) is 2. The highest BCUT2D eigenvalue weighted by atomic mass is 127. The van der Waals surface area contributed by atoms with E-state index in [4.69, 9.17) is 9.47 Å². The Morgan fingerprint density at radius 3 is 2.64 bits per heavy atom. The maximum atomic E-state index is 13.0. The van der Waals surface area contributed by atoms with Gasteiger partial charge in [0.15, 0.2) is 9.84 Å². The van der Waals surface area contributed by atoms with Crippen molar-refractivity contribution in [2.24, 2.45) is 5.41 Å². The van der Waals surface area contributed by atoms with Gasteiger partial charge in [-0.3, -0.25) is 4.40 Å². The van der Waals surface area contributed by atoms with Gasteiger partial charge < -0.3 is 14.6 Å². The zero-order chi connectivity index (χ0) is 18.5. The second-order valence-electron chi connectivity index (χ2n) is 7.37. The van der Waals surface area contributed by atoms with Gasteiger partial charge in [0.25, 0.3) is 0 Å². The fourth-order valence-electron chi connectivity index (χ4n) is 2.44. The maximum absolute atomic E-state index is 13.0. The number of aliphatic hydroxyl groups excluding tert-OH is 1. The molecule has 3 rings (SSSR count). The topological polar surface area (TPSA) is 90.1 Å². The third-order valence-electron chi connectivity index (χ3n) is 4.31. The summed E-state index contributed by atoms with van der Waals surface area (Å²) in [6.07, 6.45) is 3.23. The number of rotatable bonds is 5. The van der Waals surface area contributed by atoms with Gasteiger partial charge in [0.1, 0.15) is 26.6 Å². The minimum atomic E-state index is -3.63. The molecule has 25 heavy (non-hydrogen) atoms. The van der Waals surface area contributed by atoms with Crippen molar-refractivity contribution in [1.29, 1.82) is 0 Å². The first-order chi connectivity index (χ1) is 11.6. The van der Waals surface area contributed by atoms with Gasteiger partial charge in [0.05, 0.1) is 36.2 Å². The maximum Gasteiger partial charge on any atom is 0.188 e. The Balaban J connectivity index is 2.07. The molecule has 0 unspecified atom stereocenters. The average molecular weight is 480 g/mol. The molecule has 0 aliphatic carbocycles. The van der Waals surface area contributed by atoms with Crippen LogP contribution in [0.15, 0.2) is 23.4 Å². The van der Waals surface area contributed by atoms with Gasteiger partial charge >= 0.3 is 0 Å². The summed E-state index contributed by atoms with van der Waals surface area (Å²) in [5, 5.41) is 9.55. The summed E-state index contributed by atoms with van der Waals surface area (Å²) in [5.74, 6) is 0.254. The Morgan fingerprint density at radius 1 is 1.44 bits per heavy atom. The van der Waals surface area contributed by atoms with Crippen LogP contribution >= 0.6 is 22.6 Å². The van der Waals surface area contributed by atoms with Crippen LogP contribution < -0.4 is 4.74 Å². The highest BCUT2D eigenvalue weighted by Gasteiger charge is 2.40. The molecular formula is C16H21IN2O5S. The van der Waals surface area contributed by atoms with Crippen molar-refractivity contribution < 1.29 is 23.0 Å². The van der Waals surface area contributed by atoms with Gasteiger partial charge in [-0.25, -0.2) is 13.4 Å². The number of sulfone groups is 1. The molecule has 2 aromatic rings. The molecule has 7 nitrogen and oxygen atoms in total. The first-order valence-electron chi connectivity index (χ1n) is 7.82. The van der Waals surface area contributed by atoms with Crippen LogP contribution in [0.1, 0.15) is 20.8 Å². The van der Waals surface area contributed by atoms with Crippen LogP contribution in [0.4, 0.5) is 0 Å². The van der Waals surface area contributed by atoms with E-state index in [0.29, 0.717) is 18.9 Å². The number of hydrogen-bond acceptors (Lipinski definition) is 6. The van der Waals surface area contributed by atoms with E-state index in [-0.39, 0.29) is 23.9 Å². The molecule has 0 radical (unpaired) electrons. The Hall–Kier alpha value is -0.910. The van der Waals surface area contributed by atoms with Gasteiger partial charge in [-0.1, -0.05) is 0 Å². The summed E-state index contributed by atoms with van der Waals surface area (Å²) >= 11 is 2.10. The molecular weight excluding hydrogens is 459 g/mol. The van der Waals surface area contributed by atoms with E-state index in [1.54, 1.807) is 43.6 Å². The van der Waals surface area contributed by atoms with E-state index in [1.165, 1.54) is 0 Å². The van der Waals surface area contributed by atoms with Crippen molar-refractivity contribution in [1.82, 2.24) is 9.38 Å². The Bertz CT molecular complexity index is 892. The lowest BCUT2D eigenvalue weighted by Crippen LogP contribution is -2.50. The van der Waals surface area contributed by atoms with Crippen molar-refractivity contribution in [3.63, 3.8) is 0 Å². The lowest BCUT2D eigenvalue weighted by Gasteiger charge is -2.39. The summed E-state index contributed by atoms with van der Waals surface area (Å²) in [6, 6.07) is 1.63. The Kier molecular flexibility index (Phi) is 4.80. The third-order valence-corrected chi connectivity index (χ3v) is 7.61. The standard InChI is InChI=1S/C16H21IN2O5S/c1-15(2,3)25(21,22)12-6-19-13(17)5-18-14(19)4-11(12)24-10-16(7-20)8-23-9-16/h4-6,20H,7-10H2,1-3H3. The molecule has 0 aromatic carbocycles. The molecule has 0 saturated carbocycles. The zero-order valence-electron chi connectivity index (χ0n) is 14.3. The van der Waals surface area contributed by atoms with Gasteiger partial charge in [-0.05, 0) is 43.4 Å². The number of aliphatic hydroxyl groups is 1. The van der Waals surface area contributed by atoms with Crippen LogP contribution in [-0.2, 0) is 14.6 Å². The molecule has 0 spiro atoms. The van der Waals surface area contributed by atoms with Crippen LogP contribution in [0.2, 0.25) is 0 Å². The lowest BCUT2D eigenvalue weighted by atomic mass is 9.88. The largest absolute Gasteiger partial charge is 0.491 e. The molecule has 0 atom stereocenters. The number of fused-ring (bicyclic) bond motifs is 1. The number of imidazole rings is 1. The van der Waals surface area contributed by atoms with Gasteiger partial charge in [-0.2, -0.15) is 0 Å². The quantitative estimate of drug-likeness (QED) is 0.658. The van der Waals surface area contributed by atoms with E-state index in [2.05, 4.69) is 27.6 Å². The van der Waals surface area contributed by atoms with Crippen LogP contribution in [-0.4, -0.2) is 54.1 Å². The molecule has 1 N–H and O–H groups in total. The van der Waals surface area contributed by atoms with E-state index in [1.807, 2.05) is 0 Å². The molecule has 1 aliphatic rings. The van der Waals surface area contributed by atoms with Crippen molar-refractivity contribution in [2.75, 3.05) is 26.4 Å². The van der Waals surface area contributed by atoms with E-state index in [9.17, 15) is 13.5 Å². The Labute approximate surface area is 160 Å². The molecule has 0 bridgehead atoms. The van der Waals surface area contributed by atoms with E-state index >= 15 is 0 Å². The summed E-state index contributed by atoms with van der Waals surface area (Å²) < 4.78 is 38.7. The molecule has 1 saturated heterocycles. The van der Waals surface area contributed by atoms with E-state index < -0.39 is 20.0 Å². The number of pyridine rings is 1. The zero-order valence-corrected chi connectivity index (χ0v) is 17.3. The molecule has 3 heterocycles. The Morgan fingerprint density at radius 2 is 2.12 bits per heavy atom. The van der Waals surface area contributed by atoms with Crippen LogP contribution in [0, 0.1) is 9.12 Å². The van der Waals surface area contributed by atoms with Crippen molar-refractivity contribution in [2.45, 2.75) is 30.4 Å². The summed E-state index contributed by atoms with van der Waals surface area (Å²) in [5.41, 5.74) is 0.133. The van der Waals surface area contributed by atoms with Crippen molar-refractivity contribution in [3.8, 4) is 5.75 Å². The van der Waals surface area contributed by atoms with E-state index in [0.717, 1.165) is 3.70 Å². The average Bonchev–Trinajstić information content (AvgIpc) is 2.85. The fourth-order valence-corrected chi connectivity index (χ4v) is 4.26. The fraction of sp³-hybridized carbons (Fsp3) is 0.562. The number of ether oxygens (including phenoxy) is 2. The first-order valence-corrected chi connectivity index (χ1v) is 10.4. The van der Waals surface area contributed by atoms with Crippen LogP contribution in [0.5, 0.6) is 5.75 Å². The molecule has 1 fully saturated rings. The molecule has 9 heteroatoms. The monoisotopic (exact) mass is 480 g/mol. The lowest BCUT2D eigenvalue weighted by molar-refractivity contribution is -0.153. The molecule has 1 aliphatic heterocycles.